The normalized spacial score (nSPS) is 12.0. The fourth-order valence-electron chi connectivity index (χ4n) is 4.85. The van der Waals surface area contributed by atoms with E-state index in [9.17, 15) is 14.4 Å². The van der Waals surface area contributed by atoms with Crippen molar-refractivity contribution in [1.29, 1.82) is 0 Å². The molecular weight excluding hydrogens is 604 g/mol. The minimum atomic E-state index is -1.23. The van der Waals surface area contributed by atoms with Gasteiger partial charge in [0.05, 0.1) is 29.8 Å². The summed E-state index contributed by atoms with van der Waals surface area (Å²) in [6, 6.07) is 16.8. The second kappa shape index (κ2) is 15.3. The Morgan fingerprint density at radius 1 is 0.957 bits per heavy atom. The fraction of sp³-hybridized carbons (Fsp3) is 0.424. The molecule has 2 aromatic carbocycles. The molecule has 252 valence electrons. The van der Waals surface area contributed by atoms with E-state index in [2.05, 4.69) is 20.9 Å². The Morgan fingerprint density at radius 2 is 1.66 bits per heavy atom. The summed E-state index contributed by atoms with van der Waals surface area (Å²) < 4.78 is 19.2. The van der Waals surface area contributed by atoms with Crippen molar-refractivity contribution in [3.05, 3.63) is 66.0 Å². The molecule has 0 atom stereocenters. The smallest absolute Gasteiger partial charge is 0.408 e. The van der Waals surface area contributed by atoms with Crippen molar-refractivity contribution in [3.8, 4) is 0 Å². The maximum absolute atomic E-state index is 12.9. The van der Waals surface area contributed by atoms with Crippen LogP contribution in [0.1, 0.15) is 46.0 Å². The largest absolute Gasteiger partial charge is 0.445 e. The molecule has 4 rings (SSSR count). The molecule has 2 aromatic heterocycles. The molecule has 0 aliphatic rings. The van der Waals surface area contributed by atoms with Crippen molar-refractivity contribution < 1.29 is 28.6 Å². The van der Waals surface area contributed by atoms with Gasteiger partial charge in [0.15, 0.2) is 5.82 Å². The Balaban J connectivity index is 1.44. The first kappa shape index (κ1) is 35.2. The Morgan fingerprint density at radius 3 is 2.36 bits per heavy atom. The van der Waals surface area contributed by atoms with Crippen LogP contribution in [0.3, 0.4) is 0 Å². The van der Waals surface area contributed by atoms with Crippen LogP contribution in [-0.4, -0.2) is 69.5 Å². The van der Waals surface area contributed by atoms with E-state index in [0.29, 0.717) is 30.0 Å². The third-order valence-corrected chi connectivity index (χ3v) is 7.26. The zero-order valence-corrected chi connectivity index (χ0v) is 27.5. The van der Waals surface area contributed by atoms with E-state index in [1.165, 1.54) is 0 Å². The highest BCUT2D eigenvalue weighted by Gasteiger charge is 2.31. The molecule has 0 bridgehead atoms. The van der Waals surface area contributed by atoms with E-state index in [1.807, 2.05) is 79.9 Å². The van der Waals surface area contributed by atoms with Crippen molar-refractivity contribution in [2.45, 2.75) is 71.7 Å². The van der Waals surface area contributed by atoms with E-state index in [4.69, 9.17) is 30.7 Å². The third-order valence-electron chi connectivity index (χ3n) is 7.26. The SMILES string of the molecule is CCOCc1nc2c(NC(=O)C(N)N)nc3ccccc3c2n1CC(C)(C)OCCNC(=O)C(C)(C)NC(=O)OCc1ccccc1. The van der Waals surface area contributed by atoms with Gasteiger partial charge in [-0.1, -0.05) is 48.5 Å². The average Bonchev–Trinajstić information content (AvgIpc) is 3.38. The molecule has 47 heavy (non-hydrogen) atoms. The minimum Gasteiger partial charge on any atom is -0.445 e. The number of hydrogen-bond acceptors (Lipinski definition) is 10. The van der Waals surface area contributed by atoms with Crippen LogP contribution in [-0.2, 0) is 43.6 Å². The van der Waals surface area contributed by atoms with Gasteiger partial charge in [-0.15, -0.1) is 0 Å². The summed E-state index contributed by atoms with van der Waals surface area (Å²) in [5, 5.41) is 8.96. The van der Waals surface area contributed by atoms with E-state index in [1.54, 1.807) is 13.8 Å². The fourth-order valence-corrected chi connectivity index (χ4v) is 4.85. The van der Waals surface area contributed by atoms with Crippen molar-refractivity contribution in [2.75, 3.05) is 25.1 Å². The molecule has 0 fully saturated rings. The number of pyridine rings is 1. The lowest BCUT2D eigenvalue weighted by atomic mass is 10.1. The number of hydrogen-bond donors (Lipinski definition) is 5. The number of imidazole rings is 1. The first-order valence-electron chi connectivity index (χ1n) is 15.4. The highest BCUT2D eigenvalue weighted by atomic mass is 16.5. The number of nitrogens with one attached hydrogen (secondary N) is 3. The van der Waals surface area contributed by atoms with Crippen molar-refractivity contribution >= 4 is 45.7 Å². The van der Waals surface area contributed by atoms with Gasteiger partial charge in [0.25, 0.3) is 5.91 Å². The summed E-state index contributed by atoms with van der Waals surface area (Å²) in [7, 11) is 0. The average molecular weight is 649 g/mol. The Hall–Kier alpha value is -4.63. The van der Waals surface area contributed by atoms with Crippen LogP contribution < -0.4 is 27.4 Å². The molecule has 3 amide bonds. The number of amides is 3. The topological polar surface area (TPSA) is 198 Å². The molecule has 14 nitrogen and oxygen atoms in total. The van der Waals surface area contributed by atoms with Gasteiger partial charge in [-0.3, -0.25) is 9.59 Å². The molecule has 0 spiro atoms. The van der Waals surface area contributed by atoms with E-state index in [-0.39, 0.29) is 38.1 Å². The van der Waals surface area contributed by atoms with E-state index >= 15 is 0 Å². The van der Waals surface area contributed by atoms with Crippen molar-refractivity contribution in [1.82, 2.24) is 25.2 Å². The van der Waals surface area contributed by atoms with E-state index < -0.39 is 29.3 Å². The number of fused-ring (bicyclic) bond motifs is 3. The zero-order chi connectivity index (χ0) is 34.2. The number of nitrogens with zero attached hydrogens (tertiary/aromatic N) is 3. The molecule has 0 saturated heterocycles. The second-order valence-electron chi connectivity index (χ2n) is 12.1. The standard InChI is InChI=1S/C33H44N8O6/c1-6-45-19-24-38-25-26(22-14-10-11-15-23(22)37-28(25)39-29(42)27(34)35)41(24)20-32(2,3)47-17-16-36-30(43)33(4,5)40-31(44)46-18-21-12-8-7-9-13-21/h7-15,27H,6,16-20,34-35H2,1-5H3,(H,36,43)(H,40,44)(H,37,39,42). The van der Waals surface area contributed by atoms with Gasteiger partial charge in [0.2, 0.25) is 5.91 Å². The lowest BCUT2D eigenvalue weighted by Crippen LogP contribution is -2.55. The number of para-hydroxylation sites is 1. The van der Waals surface area contributed by atoms with Crippen LogP contribution in [0.4, 0.5) is 10.6 Å². The molecule has 0 radical (unpaired) electrons. The van der Waals surface area contributed by atoms with Gasteiger partial charge < -0.3 is 46.2 Å². The number of carbonyl (C=O) groups is 3. The van der Waals surface area contributed by atoms with Crippen molar-refractivity contribution in [3.63, 3.8) is 0 Å². The van der Waals surface area contributed by atoms with Crippen LogP contribution >= 0.6 is 0 Å². The summed E-state index contributed by atoms with van der Waals surface area (Å²) in [6.45, 7) is 10.5. The number of nitrogens with two attached hydrogens (primary N) is 2. The number of anilines is 1. The zero-order valence-electron chi connectivity index (χ0n) is 27.5. The number of carbonyl (C=O) groups excluding carboxylic acids is 3. The Kier molecular flexibility index (Phi) is 11.5. The van der Waals surface area contributed by atoms with Crippen molar-refractivity contribution in [2.24, 2.45) is 11.5 Å². The number of rotatable bonds is 15. The number of aromatic nitrogens is 3. The predicted molar refractivity (Wildman–Crippen MR) is 178 cm³/mol. The molecule has 4 aromatic rings. The van der Waals surface area contributed by atoms with Crippen LogP contribution in [0.2, 0.25) is 0 Å². The third kappa shape index (κ3) is 9.23. The molecule has 7 N–H and O–H groups in total. The molecule has 0 aliphatic heterocycles. The molecule has 0 unspecified atom stereocenters. The van der Waals surface area contributed by atoms with Crippen LogP contribution in [0.15, 0.2) is 54.6 Å². The van der Waals surface area contributed by atoms with E-state index in [0.717, 1.165) is 16.5 Å². The lowest BCUT2D eigenvalue weighted by Gasteiger charge is -2.28. The molecule has 2 heterocycles. The van der Waals surface area contributed by atoms with Gasteiger partial charge in [0.1, 0.15) is 36.3 Å². The molecule has 0 aliphatic carbocycles. The molecule has 0 saturated carbocycles. The maximum atomic E-state index is 12.9. The minimum absolute atomic E-state index is 0.0932. The summed E-state index contributed by atoms with van der Waals surface area (Å²) in [6.07, 6.45) is -1.93. The number of benzene rings is 2. The summed E-state index contributed by atoms with van der Waals surface area (Å²) in [4.78, 5) is 47.1. The summed E-state index contributed by atoms with van der Waals surface area (Å²) in [5.41, 5.74) is 11.9. The van der Waals surface area contributed by atoms with Gasteiger partial charge in [-0.05, 0) is 46.2 Å². The summed E-state index contributed by atoms with van der Waals surface area (Å²) in [5.74, 6) is -0.128. The van der Waals surface area contributed by atoms with Gasteiger partial charge in [-0.25, -0.2) is 14.8 Å². The van der Waals surface area contributed by atoms with Gasteiger partial charge >= 0.3 is 6.09 Å². The quantitative estimate of drug-likeness (QED) is 0.0944. The number of ether oxygens (including phenoxy) is 3. The monoisotopic (exact) mass is 648 g/mol. The van der Waals surface area contributed by atoms with Crippen LogP contribution in [0.25, 0.3) is 21.9 Å². The lowest BCUT2D eigenvalue weighted by molar-refractivity contribution is -0.127. The Labute approximate surface area is 273 Å². The first-order valence-corrected chi connectivity index (χ1v) is 15.4. The highest BCUT2D eigenvalue weighted by molar-refractivity contribution is 6.10. The van der Waals surface area contributed by atoms with Gasteiger partial charge in [-0.2, -0.15) is 0 Å². The summed E-state index contributed by atoms with van der Waals surface area (Å²) >= 11 is 0. The maximum Gasteiger partial charge on any atom is 0.408 e. The predicted octanol–water partition coefficient (Wildman–Crippen LogP) is 2.92. The molecular formula is C33H44N8O6. The Bertz CT molecular complexity index is 1700. The second-order valence-corrected chi connectivity index (χ2v) is 12.1. The van der Waals surface area contributed by atoms with Gasteiger partial charge in [0, 0.05) is 18.5 Å². The van der Waals surface area contributed by atoms with Crippen LogP contribution in [0.5, 0.6) is 0 Å². The first-order chi connectivity index (χ1) is 22.3. The number of alkyl carbamates (subject to hydrolysis) is 1. The van der Waals surface area contributed by atoms with Crippen LogP contribution in [0, 0.1) is 0 Å². The molecule has 14 heteroatoms. The highest BCUT2D eigenvalue weighted by Crippen LogP contribution is 2.32.